The molecular formula is C36H53N5O7S. The van der Waals surface area contributed by atoms with Gasteiger partial charge >= 0.3 is 6.03 Å². The lowest BCUT2D eigenvalue weighted by molar-refractivity contribution is -0.145. The fraction of sp³-hybridized carbons (Fsp3) is 0.694. The summed E-state index contributed by atoms with van der Waals surface area (Å²) in [5.41, 5.74) is 3.62. The topological polar surface area (TPSA) is 185 Å². The molecule has 1 aromatic carbocycles. The molecule has 1 saturated heterocycles. The minimum Gasteiger partial charge on any atom is -0.363 e. The van der Waals surface area contributed by atoms with Crippen LogP contribution in [-0.4, -0.2) is 78.8 Å². The maximum Gasteiger partial charge on any atom is 0.315 e. The molecule has 0 aromatic heterocycles. The summed E-state index contributed by atoms with van der Waals surface area (Å²) >= 11 is 0. The van der Waals surface area contributed by atoms with Crippen LogP contribution < -0.4 is 21.7 Å². The van der Waals surface area contributed by atoms with Crippen LogP contribution in [0.4, 0.5) is 4.79 Å². The summed E-state index contributed by atoms with van der Waals surface area (Å²) in [6.45, 7) is 9.94. The summed E-state index contributed by atoms with van der Waals surface area (Å²) in [6, 6.07) is 4.78. The van der Waals surface area contributed by atoms with E-state index in [-0.39, 0.29) is 40.2 Å². The van der Waals surface area contributed by atoms with Crippen molar-refractivity contribution in [3.8, 4) is 0 Å². The Hall–Kier alpha value is -3.48. The number of urea groups is 1. The molecule has 270 valence electrons. The highest BCUT2D eigenvalue weighted by Crippen LogP contribution is 2.65. The van der Waals surface area contributed by atoms with E-state index in [0.29, 0.717) is 25.8 Å². The lowest BCUT2D eigenvalue weighted by Crippen LogP contribution is -2.63. The zero-order valence-electron chi connectivity index (χ0n) is 29.4. The van der Waals surface area contributed by atoms with Gasteiger partial charge in [0, 0.05) is 12.1 Å². The van der Waals surface area contributed by atoms with Crippen LogP contribution in [0.1, 0.15) is 92.4 Å². The van der Waals surface area contributed by atoms with E-state index in [2.05, 4.69) is 29.8 Å². The van der Waals surface area contributed by atoms with E-state index in [4.69, 9.17) is 5.73 Å². The molecule has 49 heavy (non-hydrogen) atoms. The standard InChI is InChI=1S/C36H53N5O7S/c1-34(2,3)29(39-33(46)40-36(16-10-7-11-17-36)18-19-49(47,48)23-12-8-6-9-13-23)32(45)41-21-24-26(35(24,4)5)27(41)31(44)38-25(20-22-14-15-22)28(42)30(37)43/h6,8-9,12-13,22,24-27,29H,7,10-11,14-21H2,1-5H3,(H2,37,43)(H,38,44)(H2,39,40,46)/t24-,25?,26?,27-,29+/m0/s1. The average molecular weight is 700 g/mol. The maximum atomic E-state index is 14.4. The molecular weight excluding hydrogens is 646 g/mol. The van der Waals surface area contributed by atoms with E-state index < -0.39 is 68.5 Å². The molecule has 1 aromatic rings. The first-order chi connectivity index (χ1) is 22.9. The van der Waals surface area contributed by atoms with Crippen LogP contribution in [-0.2, 0) is 29.0 Å². The fourth-order valence-electron chi connectivity index (χ4n) is 8.12. The van der Waals surface area contributed by atoms with Gasteiger partial charge in [0.1, 0.15) is 12.1 Å². The van der Waals surface area contributed by atoms with Gasteiger partial charge in [-0.25, -0.2) is 13.2 Å². The molecule has 1 aliphatic heterocycles. The number of Topliss-reactive ketones (excluding diaryl/α,β-unsaturated/α-hetero) is 1. The number of nitrogens with two attached hydrogens (primary N) is 1. The van der Waals surface area contributed by atoms with Crippen LogP contribution >= 0.6 is 0 Å². The van der Waals surface area contributed by atoms with Crippen LogP contribution in [0.25, 0.3) is 0 Å². The van der Waals surface area contributed by atoms with Gasteiger partial charge in [0.25, 0.3) is 5.91 Å². The molecule has 1 heterocycles. The molecule has 0 spiro atoms. The summed E-state index contributed by atoms with van der Waals surface area (Å²) in [5, 5.41) is 8.79. The molecule has 2 unspecified atom stereocenters. The third-order valence-corrected chi connectivity index (χ3v) is 13.2. The van der Waals surface area contributed by atoms with Gasteiger partial charge in [0.2, 0.25) is 17.6 Å². The second-order valence-electron chi connectivity index (χ2n) is 16.5. The predicted octanol–water partition coefficient (Wildman–Crippen LogP) is 3.09. The number of hydrogen-bond acceptors (Lipinski definition) is 7. The molecule has 3 saturated carbocycles. The van der Waals surface area contributed by atoms with Crippen molar-refractivity contribution in [2.75, 3.05) is 12.3 Å². The van der Waals surface area contributed by atoms with Crippen molar-refractivity contribution in [3.63, 3.8) is 0 Å². The minimum atomic E-state index is -3.57. The molecule has 5 rings (SSSR count). The number of carbonyl (C=O) groups excluding carboxylic acids is 5. The van der Waals surface area contributed by atoms with Crippen LogP contribution in [0.15, 0.2) is 35.2 Å². The average Bonchev–Trinajstić information content (AvgIpc) is 3.89. The lowest BCUT2D eigenvalue weighted by Gasteiger charge is -2.41. The highest BCUT2D eigenvalue weighted by molar-refractivity contribution is 7.91. The van der Waals surface area contributed by atoms with Gasteiger partial charge in [-0.15, -0.1) is 0 Å². The highest BCUT2D eigenvalue weighted by Gasteiger charge is 2.70. The number of benzene rings is 1. The Morgan fingerprint density at radius 2 is 1.61 bits per heavy atom. The van der Waals surface area contributed by atoms with E-state index in [1.807, 2.05) is 20.8 Å². The number of primary amides is 1. The molecule has 5 amide bonds. The first kappa shape index (κ1) is 36.8. The van der Waals surface area contributed by atoms with Gasteiger partial charge in [-0.05, 0) is 66.4 Å². The zero-order valence-corrected chi connectivity index (χ0v) is 30.2. The number of nitrogens with one attached hydrogen (secondary N) is 3. The monoisotopic (exact) mass is 699 g/mol. The van der Waals surface area contributed by atoms with E-state index in [0.717, 1.165) is 32.1 Å². The van der Waals surface area contributed by atoms with Crippen molar-refractivity contribution >= 4 is 39.4 Å². The summed E-state index contributed by atoms with van der Waals surface area (Å²) in [6.07, 6.45) is 6.31. The highest BCUT2D eigenvalue weighted by atomic mass is 32.2. The van der Waals surface area contributed by atoms with Crippen LogP contribution in [0.5, 0.6) is 0 Å². The van der Waals surface area contributed by atoms with Gasteiger partial charge < -0.3 is 26.6 Å². The van der Waals surface area contributed by atoms with Crippen LogP contribution in [0.3, 0.4) is 0 Å². The number of nitrogens with zero attached hydrogens (tertiary/aromatic N) is 1. The van der Waals surface area contributed by atoms with Crippen molar-refractivity contribution in [2.24, 2.45) is 34.3 Å². The number of carbonyl (C=O) groups is 5. The summed E-state index contributed by atoms with van der Waals surface area (Å²) in [4.78, 5) is 68.3. The molecule has 0 bridgehead atoms. The number of piperidine rings is 1. The van der Waals surface area contributed by atoms with E-state index in [9.17, 15) is 32.4 Å². The van der Waals surface area contributed by atoms with Crippen LogP contribution in [0.2, 0.25) is 0 Å². The Balaban J connectivity index is 1.32. The maximum absolute atomic E-state index is 14.4. The second kappa shape index (κ2) is 13.7. The first-order valence-electron chi connectivity index (χ1n) is 17.7. The summed E-state index contributed by atoms with van der Waals surface area (Å²) in [5.74, 6) is -2.82. The smallest absolute Gasteiger partial charge is 0.315 e. The van der Waals surface area contributed by atoms with Crippen molar-refractivity contribution in [3.05, 3.63) is 30.3 Å². The van der Waals surface area contributed by atoms with E-state index in [1.165, 1.54) is 4.90 Å². The molecule has 4 fully saturated rings. The molecule has 5 N–H and O–H groups in total. The minimum absolute atomic E-state index is 0.0624. The largest absolute Gasteiger partial charge is 0.363 e. The predicted molar refractivity (Wildman–Crippen MR) is 184 cm³/mol. The number of ketones is 1. The summed E-state index contributed by atoms with van der Waals surface area (Å²) in [7, 11) is -3.57. The molecule has 0 radical (unpaired) electrons. The molecule has 3 aliphatic carbocycles. The molecule has 5 atom stereocenters. The lowest BCUT2D eigenvalue weighted by atomic mass is 9.79. The fourth-order valence-corrected chi connectivity index (χ4v) is 9.59. The van der Waals surface area contributed by atoms with E-state index in [1.54, 1.807) is 30.3 Å². The molecule has 4 aliphatic rings. The number of rotatable bonds is 13. The number of fused-ring (bicyclic) bond motifs is 1. The summed E-state index contributed by atoms with van der Waals surface area (Å²) < 4.78 is 26.3. The van der Waals surface area contributed by atoms with E-state index >= 15 is 0 Å². The van der Waals surface area contributed by atoms with Gasteiger partial charge in [-0.1, -0.05) is 84.9 Å². The van der Waals surface area contributed by atoms with Gasteiger partial charge in [-0.2, -0.15) is 0 Å². The van der Waals surface area contributed by atoms with Crippen molar-refractivity contribution in [1.29, 1.82) is 0 Å². The number of likely N-dealkylation sites (tertiary alicyclic amines) is 1. The normalized spacial score (nSPS) is 25.3. The van der Waals surface area contributed by atoms with Crippen molar-refractivity contribution < 1.29 is 32.4 Å². The Labute approximate surface area is 290 Å². The van der Waals surface area contributed by atoms with Crippen LogP contribution in [0, 0.1) is 28.6 Å². The van der Waals surface area contributed by atoms with Gasteiger partial charge in [-0.3, -0.25) is 19.2 Å². The number of amides is 5. The Kier molecular flexibility index (Phi) is 10.3. The van der Waals surface area contributed by atoms with Gasteiger partial charge in [0.15, 0.2) is 9.84 Å². The third-order valence-electron chi connectivity index (χ3n) is 11.4. The van der Waals surface area contributed by atoms with Crippen molar-refractivity contribution in [2.45, 2.75) is 121 Å². The zero-order chi connectivity index (χ0) is 35.9. The SMILES string of the molecule is CC(C)(C)[C@H](NC(=O)NC1(CCS(=O)(=O)c2ccccc2)CCCCC1)C(=O)N1C[C@H]2C([C@H]1C(=O)NC(CC1CC1)C(=O)C(N)=O)C2(C)C. The number of sulfone groups is 1. The Morgan fingerprint density at radius 1 is 0.980 bits per heavy atom. The Morgan fingerprint density at radius 3 is 2.18 bits per heavy atom. The first-order valence-corrected chi connectivity index (χ1v) is 19.3. The quantitative estimate of drug-likeness (QED) is 0.228. The number of hydrogen-bond donors (Lipinski definition) is 4. The molecule has 13 heteroatoms. The van der Waals surface area contributed by atoms with Gasteiger partial charge in [0.05, 0.1) is 16.7 Å². The third kappa shape index (κ3) is 8.13. The Bertz CT molecular complexity index is 1560. The molecule has 12 nitrogen and oxygen atoms in total. The second-order valence-corrected chi connectivity index (χ2v) is 18.6. The van der Waals surface area contributed by atoms with Crippen molar-refractivity contribution in [1.82, 2.24) is 20.9 Å².